The molecule has 5 aromatic heterocycles. The summed E-state index contributed by atoms with van der Waals surface area (Å²) in [5.74, 6) is 3.49. The van der Waals surface area contributed by atoms with Crippen molar-refractivity contribution in [1.82, 2.24) is 39.0 Å². The monoisotopic (exact) mass is 1250 g/mol. The maximum Gasteiger partial charge on any atom is 0.238 e. The highest BCUT2D eigenvalue weighted by atomic mass is 32.1. The molecule has 0 amide bonds. The minimum Gasteiger partial charge on any atom is -0.285 e. The molecule has 0 N–H and O–H groups in total. The number of aromatic nitrogens is 8. The SMILES string of the molecule is c1ccc(-c2nc(-c3ccccc3)nc(-n3cc(-c4ccc(-c5ccc(-c6cccc(-c7nc(-c8ccccc8)nc(-n8cc(-c9cccc(-c%10cccc%11c%12ccccc%12c%12ccccc%12c%10%11)c9)c9ccccc98)n7)c6)c6sc7ccccc7c56)cc4)c4ccccc43)n2)cc1. The minimum atomic E-state index is 0.533. The van der Waals surface area contributed by atoms with Crippen molar-refractivity contribution in [3.63, 3.8) is 0 Å². The Kier molecular flexibility index (Phi) is 13.2. The first-order valence-electron chi connectivity index (χ1n) is 32.6. The minimum absolute atomic E-state index is 0.533. The van der Waals surface area contributed by atoms with E-state index in [1.165, 1.54) is 63.6 Å². The second kappa shape index (κ2) is 23.0. The smallest absolute Gasteiger partial charge is 0.238 e. The maximum absolute atomic E-state index is 5.42. The van der Waals surface area contributed by atoms with E-state index in [0.29, 0.717) is 35.2 Å². The summed E-state index contributed by atoms with van der Waals surface area (Å²) in [7, 11) is 0. The molecular weight excluding hydrogens is 1200 g/mol. The van der Waals surface area contributed by atoms with Crippen LogP contribution in [0.25, 0.3) is 187 Å². The molecule has 0 aliphatic carbocycles. The standard InChI is InChI=1S/C88H54N8S/c1-4-23-57(24-5-1)83-89-84(58-25-6-2-7-26-58)92-87(91-83)95-53-75(70-36-14-17-42-77(70)95)56-47-45-55(46-48-56)65-49-50-66(82-81(65)74-39-16-19-44-79(74)97-82)61-30-21-32-63(52-61)86-90-85(59-27-8-3-9-28-59)93-88(94-86)96-54-76(71-37-15-18-43-78(71)96)62-31-20-29-60(51-62)64-40-22-41-73-69-34-11-10-33-67(69)68-35-12-13-38-72(68)80(64)73/h1-54H. The summed E-state index contributed by atoms with van der Waals surface area (Å²) in [5, 5.41) is 12.2. The van der Waals surface area contributed by atoms with Crippen LogP contribution < -0.4 is 0 Å². The van der Waals surface area contributed by atoms with Crippen LogP contribution in [0.5, 0.6) is 0 Å². The van der Waals surface area contributed by atoms with Gasteiger partial charge in [0.15, 0.2) is 23.3 Å². The summed E-state index contributed by atoms with van der Waals surface area (Å²) < 4.78 is 6.68. The topological polar surface area (TPSA) is 87.2 Å². The fraction of sp³-hybridized carbons (Fsp3) is 0. The van der Waals surface area contributed by atoms with Crippen molar-refractivity contribution in [2.75, 3.05) is 0 Å². The third kappa shape index (κ3) is 9.58. The molecule has 8 nitrogen and oxygen atoms in total. The lowest BCUT2D eigenvalue weighted by Gasteiger charge is -2.15. The maximum atomic E-state index is 5.42. The Labute approximate surface area is 562 Å². The van der Waals surface area contributed by atoms with Gasteiger partial charge in [-0.1, -0.05) is 285 Å². The fourth-order valence-electron chi connectivity index (χ4n) is 14.4. The Morgan fingerprint density at radius 2 is 0.567 bits per heavy atom. The molecule has 5 heterocycles. The van der Waals surface area contributed by atoms with E-state index in [9.17, 15) is 0 Å². The van der Waals surface area contributed by atoms with Gasteiger partial charge in [-0.25, -0.2) is 9.97 Å². The quantitative estimate of drug-likeness (QED) is 0.120. The van der Waals surface area contributed by atoms with Crippen LogP contribution in [0.2, 0.25) is 0 Å². The average molecular weight is 1260 g/mol. The van der Waals surface area contributed by atoms with E-state index < -0.39 is 0 Å². The van der Waals surface area contributed by atoms with E-state index in [0.717, 1.165) is 88.6 Å². The third-order valence-electron chi connectivity index (χ3n) is 18.9. The van der Waals surface area contributed by atoms with Crippen molar-refractivity contribution in [2.45, 2.75) is 0 Å². The van der Waals surface area contributed by atoms with Gasteiger partial charge in [0.05, 0.1) is 11.0 Å². The van der Waals surface area contributed by atoms with Crippen molar-refractivity contribution in [2.24, 2.45) is 0 Å². The van der Waals surface area contributed by atoms with Gasteiger partial charge in [-0.15, -0.1) is 11.3 Å². The molecule has 0 aliphatic rings. The molecule has 0 aliphatic heterocycles. The number of hydrogen-bond donors (Lipinski definition) is 0. The predicted octanol–water partition coefficient (Wildman–Crippen LogP) is 22.8. The summed E-state index contributed by atoms with van der Waals surface area (Å²) in [4.78, 5) is 31.2. The Hall–Kier alpha value is -12.8. The zero-order chi connectivity index (χ0) is 63.9. The second-order valence-corrected chi connectivity index (χ2v) is 25.6. The first-order chi connectivity index (χ1) is 48.1. The Bertz CT molecular complexity index is 6210. The Morgan fingerprint density at radius 3 is 1.11 bits per heavy atom. The number of benzene rings is 14. The lowest BCUT2D eigenvalue weighted by atomic mass is 9.89. The molecule has 0 atom stereocenters. The van der Waals surface area contributed by atoms with Crippen LogP contribution in [0.15, 0.2) is 328 Å². The van der Waals surface area contributed by atoms with Gasteiger partial charge in [-0.05, 0) is 107 Å². The Morgan fingerprint density at radius 1 is 0.216 bits per heavy atom. The van der Waals surface area contributed by atoms with Gasteiger partial charge in [0.2, 0.25) is 11.9 Å². The van der Waals surface area contributed by atoms with Crippen molar-refractivity contribution < 1.29 is 0 Å². The Balaban J connectivity index is 0.694. The van der Waals surface area contributed by atoms with Gasteiger partial charge in [-0.2, -0.15) is 19.9 Å². The van der Waals surface area contributed by atoms with E-state index in [1.807, 2.05) is 90.2 Å². The van der Waals surface area contributed by atoms with Crippen LogP contribution in [0.1, 0.15) is 0 Å². The first kappa shape index (κ1) is 55.8. The number of rotatable bonds is 11. The van der Waals surface area contributed by atoms with Gasteiger partial charge in [0, 0.05) is 76.7 Å². The summed E-state index contributed by atoms with van der Waals surface area (Å²) in [6.07, 6.45) is 4.37. The van der Waals surface area contributed by atoms with Crippen molar-refractivity contribution in [3.05, 3.63) is 328 Å². The molecule has 0 saturated heterocycles. The molecule has 0 radical (unpaired) electrons. The summed E-state index contributed by atoms with van der Waals surface area (Å²) in [5.41, 5.74) is 16.9. The zero-order valence-corrected chi connectivity index (χ0v) is 53.0. The summed E-state index contributed by atoms with van der Waals surface area (Å²) in [6.45, 7) is 0. The van der Waals surface area contributed by atoms with Crippen LogP contribution in [0, 0.1) is 0 Å². The first-order valence-corrected chi connectivity index (χ1v) is 33.4. The van der Waals surface area contributed by atoms with Gasteiger partial charge in [-0.3, -0.25) is 9.13 Å². The van der Waals surface area contributed by atoms with Crippen LogP contribution in [0.3, 0.4) is 0 Å². The highest BCUT2D eigenvalue weighted by molar-refractivity contribution is 7.26. The van der Waals surface area contributed by atoms with E-state index >= 15 is 0 Å². The lowest BCUT2D eigenvalue weighted by molar-refractivity contribution is 0.933. The fourth-order valence-corrected chi connectivity index (χ4v) is 15.6. The van der Waals surface area contributed by atoms with E-state index in [1.54, 1.807) is 0 Å². The molecule has 0 fully saturated rings. The van der Waals surface area contributed by atoms with Crippen LogP contribution >= 0.6 is 11.3 Å². The van der Waals surface area contributed by atoms with Gasteiger partial charge >= 0.3 is 0 Å². The van der Waals surface area contributed by atoms with Crippen LogP contribution in [-0.4, -0.2) is 39.0 Å². The van der Waals surface area contributed by atoms with Crippen LogP contribution in [0.4, 0.5) is 0 Å². The average Bonchev–Trinajstić information content (AvgIpc) is 1.34. The molecular formula is C88H54N8S. The zero-order valence-electron chi connectivity index (χ0n) is 52.2. The van der Waals surface area contributed by atoms with Crippen molar-refractivity contribution in [1.29, 1.82) is 0 Å². The normalized spacial score (nSPS) is 11.7. The molecule has 0 bridgehead atoms. The van der Waals surface area contributed by atoms with Crippen molar-refractivity contribution in [3.8, 4) is 113 Å². The third-order valence-corrected chi connectivity index (χ3v) is 20.1. The highest BCUT2D eigenvalue weighted by Gasteiger charge is 2.23. The molecule has 9 heteroatoms. The largest absolute Gasteiger partial charge is 0.285 e. The summed E-state index contributed by atoms with van der Waals surface area (Å²) in [6, 6.07) is 112. The van der Waals surface area contributed by atoms with E-state index in [-0.39, 0.29) is 0 Å². The predicted molar refractivity (Wildman–Crippen MR) is 401 cm³/mol. The second-order valence-electron chi connectivity index (χ2n) is 24.5. The van der Waals surface area contributed by atoms with Gasteiger partial charge < -0.3 is 0 Å². The molecule has 0 spiro atoms. The van der Waals surface area contributed by atoms with Gasteiger partial charge in [0.25, 0.3) is 0 Å². The molecule has 452 valence electrons. The number of para-hydroxylation sites is 2. The molecule has 19 aromatic rings. The molecule has 19 rings (SSSR count). The number of thiophene rings is 1. The number of fused-ring (bicyclic) bond motifs is 11. The van der Waals surface area contributed by atoms with Gasteiger partial charge in [0.1, 0.15) is 0 Å². The molecule has 0 saturated carbocycles. The lowest BCUT2D eigenvalue weighted by Crippen LogP contribution is -2.05. The number of nitrogens with zero attached hydrogens (tertiary/aromatic N) is 8. The van der Waals surface area contributed by atoms with Crippen LogP contribution in [-0.2, 0) is 0 Å². The molecule has 97 heavy (non-hydrogen) atoms. The van der Waals surface area contributed by atoms with E-state index in [2.05, 4.69) is 258 Å². The summed E-state index contributed by atoms with van der Waals surface area (Å²) >= 11 is 1.83. The van der Waals surface area contributed by atoms with Crippen molar-refractivity contribution >= 4 is 85.6 Å². The molecule has 14 aromatic carbocycles. The molecule has 0 unspecified atom stereocenters. The van der Waals surface area contributed by atoms with E-state index in [4.69, 9.17) is 29.9 Å². The highest BCUT2D eigenvalue weighted by Crippen LogP contribution is 2.47. The number of hydrogen-bond acceptors (Lipinski definition) is 7.